The highest BCUT2D eigenvalue weighted by Crippen LogP contribution is 2.39. The number of hydrogen-bond donors (Lipinski definition) is 0. The van der Waals surface area contributed by atoms with E-state index in [0.29, 0.717) is 49.0 Å². The second-order valence-electron chi connectivity index (χ2n) is 7.78. The Labute approximate surface area is 180 Å². The van der Waals surface area contributed by atoms with E-state index in [1.807, 2.05) is 6.07 Å². The van der Waals surface area contributed by atoms with Crippen molar-refractivity contribution in [1.29, 1.82) is 0 Å². The number of aryl methyl sites for hydroxylation is 2. The second kappa shape index (κ2) is 8.48. The number of nitrogens with zero attached hydrogens (tertiary/aromatic N) is 5. The molecule has 0 aromatic carbocycles. The smallest absolute Gasteiger partial charge is 0.259 e. The molecule has 1 fully saturated rings. The van der Waals surface area contributed by atoms with Gasteiger partial charge in [-0.05, 0) is 45.2 Å². The molecular weight excluding hydrogens is 422 g/mol. The summed E-state index contributed by atoms with van der Waals surface area (Å²) >= 11 is 0. The van der Waals surface area contributed by atoms with Gasteiger partial charge in [-0.15, -0.1) is 0 Å². The first-order chi connectivity index (χ1) is 14.9. The highest BCUT2D eigenvalue weighted by molar-refractivity contribution is 7.89. The van der Waals surface area contributed by atoms with E-state index in [1.165, 1.54) is 4.31 Å². The van der Waals surface area contributed by atoms with Gasteiger partial charge >= 0.3 is 0 Å². The van der Waals surface area contributed by atoms with Crippen molar-refractivity contribution in [1.82, 2.24) is 24.6 Å². The highest BCUT2D eigenvalue weighted by atomic mass is 32.2. The maximum atomic E-state index is 13.4. The maximum Gasteiger partial charge on any atom is 0.259 e. The number of rotatable bonds is 7. The van der Waals surface area contributed by atoms with E-state index in [-0.39, 0.29) is 17.2 Å². The Hall–Kier alpha value is -2.63. The fourth-order valence-electron chi connectivity index (χ4n) is 4.11. The molecule has 1 aliphatic heterocycles. The largest absolute Gasteiger partial charge is 0.385 e. The van der Waals surface area contributed by atoms with Crippen molar-refractivity contribution in [2.45, 2.75) is 43.4 Å². The lowest BCUT2D eigenvalue weighted by atomic mass is 9.77. The lowest BCUT2D eigenvalue weighted by molar-refractivity contribution is 0.128. The number of pyridine rings is 1. The number of sulfonamides is 1. The van der Waals surface area contributed by atoms with Crippen LogP contribution in [0.1, 0.15) is 36.5 Å². The van der Waals surface area contributed by atoms with Gasteiger partial charge in [-0.1, -0.05) is 10.3 Å². The molecule has 0 radical (unpaired) electrons. The van der Waals surface area contributed by atoms with Gasteiger partial charge in [0.1, 0.15) is 10.6 Å². The van der Waals surface area contributed by atoms with Crippen LogP contribution in [0.5, 0.6) is 0 Å². The first-order valence-electron chi connectivity index (χ1n) is 10.0. The van der Waals surface area contributed by atoms with Gasteiger partial charge in [0.2, 0.25) is 10.0 Å². The monoisotopic (exact) mass is 447 g/mol. The zero-order chi connectivity index (χ0) is 22.1. The van der Waals surface area contributed by atoms with Crippen molar-refractivity contribution < 1.29 is 22.2 Å². The van der Waals surface area contributed by atoms with Crippen molar-refractivity contribution in [3.63, 3.8) is 0 Å². The van der Waals surface area contributed by atoms with Gasteiger partial charge in [-0.25, -0.2) is 8.42 Å². The van der Waals surface area contributed by atoms with Gasteiger partial charge in [0, 0.05) is 44.6 Å². The molecule has 166 valence electrons. The van der Waals surface area contributed by atoms with E-state index in [4.69, 9.17) is 13.8 Å². The Morgan fingerprint density at radius 3 is 2.77 bits per heavy atom. The lowest BCUT2D eigenvalue weighted by Gasteiger charge is -2.40. The molecule has 0 N–H and O–H groups in total. The third-order valence-corrected chi connectivity index (χ3v) is 7.79. The van der Waals surface area contributed by atoms with Crippen LogP contribution in [0.2, 0.25) is 0 Å². The third-order valence-electron chi connectivity index (χ3n) is 5.70. The van der Waals surface area contributed by atoms with E-state index in [0.717, 1.165) is 6.42 Å². The summed E-state index contributed by atoms with van der Waals surface area (Å²) < 4.78 is 44.3. The van der Waals surface area contributed by atoms with Gasteiger partial charge in [-0.3, -0.25) is 4.98 Å². The van der Waals surface area contributed by atoms with Gasteiger partial charge in [-0.2, -0.15) is 9.29 Å². The molecule has 4 heterocycles. The van der Waals surface area contributed by atoms with Crippen molar-refractivity contribution in [2.24, 2.45) is 0 Å². The molecule has 0 unspecified atom stereocenters. The van der Waals surface area contributed by atoms with Gasteiger partial charge < -0.3 is 13.8 Å². The minimum atomic E-state index is -3.79. The molecule has 4 rings (SSSR count). The summed E-state index contributed by atoms with van der Waals surface area (Å²) in [7, 11) is -2.17. The third kappa shape index (κ3) is 4.00. The lowest BCUT2D eigenvalue weighted by Crippen LogP contribution is -2.49. The first kappa shape index (κ1) is 21.6. The van der Waals surface area contributed by atoms with Crippen LogP contribution in [0.15, 0.2) is 38.5 Å². The van der Waals surface area contributed by atoms with Gasteiger partial charge in [0.15, 0.2) is 11.6 Å². The quantitative estimate of drug-likeness (QED) is 0.537. The molecule has 10 nitrogen and oxygen atoms in total. The fraction of sp³-hybridized carbons (Fsp3) is 0.500. The van der Waals surface area contributed by atoms with Crippen molar-refractivity contribution in [3.8, 4) is 11.5 Å². The van der Waals surface area contributed by atoms with E-state index in [1.54, 1.807) is 39.4 Å². The van der Waals surface area contributed by atoms with Crippen LogP contribution < -0.4 is 0 Å². The molecule has 3 aromatic heterocycles. The molecule has 1 atom stereocenters. The van der Waals surface area contributed by atoms with Crippen LogP contribution in [0.25, 0.3) is 11.5 Å². The molecule has 1 saturated heterocycles. The van der Waals surface area contributed by atoms with Gasteiger partial charge in [0.25, 0.3) is 5.89 Å². The maximum absolute atomic E-state index is 13.4. The predicted molar refractivity (Wildman–Crippen MR) is 110 cm³/mol. The van der Waals surface area contributed by atoms with E-state index in [2.05, 4.69) is 20.3 Å². The summed E-state index contributed by atoms with van der Waals surface area (Å²) in [6.45, 7) is 4.29. The molecule has 31 heavy (non-hydrogen) atoms. The predicted octanol–water partition coefficient (Wildman–Crippen LogP) is 2.50. The number of piperidine rings is 1. The fourth-order valence-corrected chi connectivity index (χ4v) is 5.96. The zero-order valence-electron chi connectivity index (χ0n) is 17.7. The Morgan fingerprint density at radius 2 is 2.10 bits per heavy atom. The molecule has 0 spiro atoms. The molecule has 0 aliphatic carbocycles. The second-order valence-corrected chi connectivity index (χ2v) is 9.66. The summed E-state index contributed by atoms with van der Waals surface area (Å²) in [5.74, 6) is 1.11. The minimum absolute atomic E-state index is 0.124. The summed E-state index contributed by atoms with van der Waals surface area (Å²) in [4.78, 5) is 8.83. The molecule has 3 aromatic rings. The Kier molecular flexibility index (Phi) is 5.91. The minimum Gasteiger partial charge on any atom is -0.385 e. The normalized spacial score (nSPS) is 20.2. The Morgan fingerprint density at radius 1 is 1.26 bits per heavy atom. The number of aromatic nitrogens is 4. The van der Waals surface area contributed by atoms with Crippen LogP contribution in [0.3, 0.4) is 0 Å². The zero-order valence-corrected chi connectivity index (χ0v) is 18.6. The van der Waals surface area contributed by atoms with E-state index in [9.17, 15) is 8.42 Å². The summed E-state index contributed by atoms with van der Waals surface area (Å²) in [6, 6.07) is 3.62. The average molecular weight is 448 g/mol. The van der Waals surface area contributed by atoms with Crippen LogP contribution in [-0.2, 0) is 20.2 Å². The highest BCUT2D eigenvalue weighted by Gasteiger charge is 2.45. The van der Waals surface area contributed by atoms with Crippen LogP contribution in [0, 0.1) is 13.8 Å². The van der Waals surface area contributed by atoms with Crippen molar-refractivity contribution >= 4 is 10.0 Å². The summed E-state index contributed by atoms with van der Waals surface area (Å²) in [5, 5.41) is 8.05. The Balaban J connectivity index is 1.70. The van der Waals surface area contributed by atoms with Crippen LogP contribution in [-0.4, -0.2) is 59.8 Å². The van der Waals surface area contributed by atoms with Crippen molar-refractivity contribution in [2.75, 3.05) is 26.8 Å². The number of hydrogen-bond acceptors (Lipinski definition) is 9. The van der Waals surface area contributed by atoms with Crippen LogP contribution >= 0.6 is 0 Å². The number of methoxy groups -OCH3 is 1. The molecule has 11 heteroatoms. The molecular formula is C20H25N5O5S. The van der Waals surface area contributed by atoms with Crippen LogP contribution in [0.4, 0.5) is 0 Å². The molecule has 0 bridgehead atoms. The molecule has 0 amide bonds. The first-order valence-corrected chi connectivity index (χ1v) is 11.5. The SMILES string of the molecule is COCC[C@]1(c2noc(-c3cccnc3)n2)CCCN(S(=O)(=O)c2c(C)noc2C)C1. The van der Waals surface area contributed by atoms with Crippen molar-refractivity contribution in [3.05, 3.63) is 41.8 Å². The van der Waals surface area contributed by atoms with E-state index >= 15 is 0 Å². The molecule has 0 saturated carbocycles. The topological polar surface area (TPSA) is 124 Å². The number of ether oxygens (including phenoxy) is 1. The van der Waals surface area contributed by atoms with Gasteiger partial charge in [0.05, 0.1) is 5.56 Å². The molecule has 1 aliphatic rings. The Bertz CT molecular complexity index is 1120. The standard InChI is InChI=1S/C20H25N5O5S/c1-14-17(15(2)29-23-14)31(26,27)25-10-5-7-20(13-25,8-11-28-3)19-22-18(30-24-19)16-6-4-9-21-12-16/h4,6,9,12H,5,7-8,10-11,13H2,1-3H3/t20-/m1/s1. The summed E-state index contributed by atoms with van der Waals surface area (Å²) in [6.07, 6.45) is 5.25. The average Bonchev–Trinajstić information content (AvgIpc) is 3.40. The summed E-state index contributed by atoms with van der Waals surface area (Å²) in [5.41, 5.74) is 0.424. The van der Waals surface area contributed by atoms with E-state index < -0.39 is 15.4 Å².